The van der Waals surface area contributed by atoms with Gasteiger partial charge in [0.25, 0.3) is 0 Å². The van der Waals surface area contributed by atoms with Crippen LogP contribution >= 0.6 is 22.6 Å². The lowest BCUT2D eigenvalue weighted by atomic mass is 10.1. The summed E-state index contributed by atoms with van der Waals surface area (Å²) < 4.78 is 34.0. The molecule has 1 aromatic rings. The summed E-state index contributed by atoms with van der Waals surface area (Å²) in [5.74, 6) is -3.39. The molecule has 2 heterocycles. The molecule has 0 bridgehead atoms. The Kier molecular flexibility index (Phi) is 4.46. The fraction of sp³-hybridized carbons (Fsp3) is 0.545. The van der Waals surface area contributed by atoms with Crippen molar-refractivity contribution in [3.63, 3.8) is 0 Å². The number of aliphatic hydroxyl groups excluding tert-OH is 1. The largest absolute Gasteiger partial charge is 0.379 e. The summed E-state index contributed by atoms with van der Waals surface area (Å²) >= 11 is 1.99. The number of ether oxygens (including phenoxy) is 1. The van der Waals surface area contributed by atoms with Crippen LogP contribution in [0.5, 0.6) is 0 Å². The lowest BCUT2D eigenvalue weighted by Gasteiger charge is -2.34. The Morgan fingerprint density at radius 2 is 2.06 bits per heavy atom. The van der Waals surface area contributed by atoms with E-state index < -0.39 is 17.8 Å². The van der Waals surface area contributed by atoms with Gasteiger partial charge in [0.1, 0.15) is 5.69 Å². The molecule has 2 rings (SSSR count). The van der Waals surface area contributed by atoms with Crippen molar-refractivity contribution >= 4 is 22.6 Å². The van der Waals surface area contributed by atoms with E-state index in [0.29, 0.717) is 26.3 Å². The van der Waals surface area contributed by atoms with Gasteiger partial charge in [-0.3, -0.25) is 9.88 Å². The number of alkyl halides is 2. The van der Waals surface area contributed by atoms with Crippen LogP contribution in [0.15, 0.2) is 18.3 Å². The Bertz CT molecular complexity index is 397. The van der Waals surface area contributed by atoms with Crippen molar-refractivity contribution in [3.05, 3.63) is 27.6 Å². The van der Waals surface area contributed by atoms with Crippen LogP contribution in [0.3, 0.4) is 0 Å². The molecular formula is C11H13F2IN2O2. The van der Waals surface area contributed by atoms with Gasteiger partial charge in [-0.1, -0.05) is 0 Å². The Morgan fingerprint density at radius 3 is 2.61 bits per heavy atom. The zero-order chi connectivity index (χ0) is 13.2. The second-order valence-electron chi connectivity index (χ2n) is 4.01. The van der Waals surface area contributed by atoms with Gasteiger partial charge in [0.15, 0.2) is 6.23 Å². The van der Waals surface area contributed by atoms with Crippen LogP contribution in [-0.2, 0) is 10.7 Å². The van der Waals surface area contributed by atoms with Gasteiger partial charge in [0.05, 0.1) is 13.2 Å². The van der Waals surface area contributed by atoms with Gasteiger partial charge in [-0.2, -0.15) is 8.78 Å². The molecule has 0 aromatic carbocycles. The zero-order valence-electron chi connectivity index (χ0n) is 9.52. The van der Waals surface area contributed by atoms with E-state index in [-0.39, 0.29) is 0 Å². The minimum Gasteiger partial charge on any atom is -0.379 e. The van der Waals surface area contributed by atoms with Crippen molar-refractivity contribution in [1.82, 2.24) is 9.88 Å². The molecule has 0 aliphatic carbocycles. The first kappa shape index (κ1) is 14.0. The first-order valence-corrected chi connectivity index (χ1v) is 6.59. The van der Waals surface area contributed by atoms with Crippen LogP contribution in [0.25, 0.3) is 0 Å². The number of nitrogens with zero attached hydrogens (tertiary/aromatic N) is 2. The van der Waals surface area contributed by atoms with Crippen LogP contribution in [0.2, 0.25) is 0 Å². The van der Waals surface area contributed by atoms with E-state index in [1.54, 1.807) is 6.07 Å². The van der Waals surface area contributed by atoms with E-state index in [4.69, 9.17) is 4.74 Å². The minimum atomic E-state index is -3.39. The highest BCUT2D eigenvalue weighted by Gasteiger charge is 2.45. The molecule has 18 heavy (non-hydrogen) atoms. The topological polar surface area (TPSA) is 45.6 Å². The quantitative estimate of drug-likeness (QED) is 0.818. The number of pyridine rings is 1. The lowest BCUT2D eigenvalue weighted by molar-refractivity contribution is -0.197. The van der Waals surface area contributed by atoms with E-state index in [2.05, 4.69) is 4.98 Å². The molecule has 0 radical (unpaired) electrons. The molecule has 1 aliphatic rings. The van der Waals surface area contributed by atoms with Crippen molar-refractivity contribution in [2.75, 3.05) is 26.3 Å². The average Bonchev–Trinajstić information content (AvgIpc) is 2.39. The zero-order valence-corrected chi connectivity index (χ0v) is 11.7. The number of morpholine rings is 1. The summed E-state index contributed by atoms with van der Waals surface area (Å²) in [7, 11) is 0. The SMILES string of the molecule is OC(N1CCOCC1)C(F)(F)c1ccc(I)cn1. The molecule has 0 amide bonds. The smallest absolute Gasteiger partial charge is 0.328 e. The second-order valence-corrected chi connectivity index (χ2v) is 5.25. The third-order valence-corrected chi connectivity index (χ3v) is 3.42. The third kappa shape index (κ3) is 2.95. The standard InChI is InChI=1S/C11H13F2IN2O2/c12-11(13,9-2-1-8(14)7-15-9)10(17)16-3-5-18-6-4-16/h1-2,7,10,17H,3-6H2. The van der Waals surface area contributed by atoms with Crippen molar-refractivity contribution in [3.8, 4) is 0 Å². The van der Waals surface area contributed by atoms with Gasteiger partial charge in [-0.25, -0.2) is 0 Å². The monoisotopic (exact) mass is 370 g/mol. The van der Waals surface area contributed by atoms with E-state index >= 15 is 0 Å². The predicted molar refractivity (Wildman–Crippen MR) is 69.2 cm³/mol. The van der Waals surface area contributed by atoms with Crippen molar-refractivity contribution in [1.29, 1.82) is 0 Å². The van der Waals surface area contributed by atoms with E-state index in [0.717, 1.165) is 3.57 Å². The highest BCUT2D eigenvalue weighted by Crippen LogP contribution is 2.32. The number of aliphatic hydroxyl groups is 1. The summed E-state index contributed by atoms with van der Waals surface area (Å²) in [4.78, 5) is 5.00. The highest BCUT2D eigenvalue weighted by atomic mass is 127. The molecule has 100 valence electrons. The molecule has 7 heteroatoms. The number of hydrogen-bond acceptors (Lipinski definition) is 4. The number of rotatable bonds is 3. The van der Waals surface area contributed by atoms with Gasteiger partial charge in [0, 0.05) is 22.9 Å². The molecule has 1 saturated heterocycles. The molecule has 1 N–H and O–H groups in total. The van der Waals surface area contributed by atoms with Gasteiger partial charge in [0.2, 0.25) is 0 Å². The van der Waals surface area contributed by atoms with Crippen LogP contribution in [0, 0.1) is 3.57 Å². The molecule has 1 aromatic heterocycles. The Balaban J connectivity index is 2.15. The summed E-state index contributed by atoms with van der Waals surface area (Å²) in [5, 5.41) is 9.80. The maximum Gasteiger partial charge on any atom is 0.328 e. The van der Waals surface area contributed by atoms with Crippen molar-refractivity contribution in [2.24, 2.45) is 0 Å². The van der Waals surface area contributed by atoms with Crippen LogP contribution in [0.4, 0.5) is 8.78 Å². The fourth-order valence-corrected chi connectivity index (χ4v) is 2.08. The number of aromatic nitrogens is 1. The van der Waals surface area contributed by atoms with E-state index in [1.165, 1.54) is 17.2 Å². The molecule has 1 atom stereocenters. The summed E-state index contributed by atoms with van der Waals surface area (Å²) in [6.45, 7) is 1.29. The van der Waals surface area contributed by atoms with Gasteiger partial charge >= 0.3 is 5.92 Å². The molecule has 1 aliphatic heterocycles. The van der Waals surface area contributed by atoms with Gasteiger partial charge in [-0.15, -0.1) is 0 Å². The maximum atomic E-state index is 14.1. The first-order valence-electron chi connectivity index (χ1n) is 5.51. The number of hydrogen-bond donors (Lipinski definition) is 1. The first-order chi connectivity index (χ1) is 8.51. The lowest BCUT2D eigenvalue weighted by Crippen LogP contribution is -2.51. The Hall–Kier alpha value is -0.380. The molecule has 1 unspecified atom stereocenters. The normalized spacial score (nSPS) is 19.8. The van der Waals surface area contributed by atoms with E-state index in [1.807, 2.05) is 22.6 Å². The fourth-order valence-electron chi connectivity index (χ4n) is 1.76. The molecule has 1 fully saturated rings. The Labute approximate surface area is 117 Å². The maximum absolute atomic E-state index is 14.1. The molecule has 0 spiro atoms. The van der Waals surface area contributed by atoms with Crippen molar-refractivity contribution in [2.45, 2.75) is 12.2 Å². The van der Waals surface area contributed by atoms with Crippen LogP contribution in [-0.4, -0.2) is 47.5 Å². The number of halogens is 3. The third-order valence-electron chi connectivity index (χ3n) is 2.78. The summed E-state index contributed by atoms with van der Waals surface area (Å²) in [6, 6.07) is 2.79. The van der Waals surface area contributed by atoms with E-state index in [9.17, 15) is 13.9 Å². The summed E-state index contributed by atoms with van der Waals surface area (Å²) in [5.41, 5.74) is -0.415. The van der Waals surface area contributed by atoms with Gasteiger partial charge in [-0.05, 0) is 34.7 Å². The second kappa shape index (κ2) is 5.72. The Morgan fingerprint density at radius 1 is 1.39 bits per heavy atom. The summed E-state index contributed by atoms with van der Waals surface area (Å²) in [6.07, 6.45) is -0.510. The van der Waals surface area contributed by atoms with Crippen molar-refractivity contribution < 1.29 is 18.6 Å². The van der Waals surface area contributed by atoms with Crippen LogP contribution in [0.1, 0.15) is 5.69 Å². The minimum absolute atomic E-state index is 0.293. The predicted octanol–water partition coefficient (Wildman–Crippen LogP) is 1.43. The molecule has 0 saturated carbocycles. The average molecular weight is 370 g/mol. The van der Waals surface area contributed by atoms with Crippen LogP contribution < -0.4 is 0 Å². The molecular weight excluding hydrogens is 357 g/mol. The highest BCUT2D eigenvalue weighted by molar-refractivity contribution is 14.1. The molecule has 4 nitrogen and oxygen atoms in total. The van der Waals surface area contributed by atoms with Gasteiger partial charge < -0.3 is 9.84 Å².